The van der Waals surface area contributed by atoms with Gasteiger partial charge in [-0.1, -0.05) is 28.1 Å². The van der Waals surface area contributed by atoms with Gasteiger partial charge in [-0.05, 0) is 30.3 Å². The van der Waals surface area contributed by atoms with Crippen molar-refractivity contribution < 1.29 is 13.6 Å². The Morgan fingerprint density at radius 3 is 2.64 bits per heavy atom. The number of anilines is 1. The molecule has 1 amide bonds. The van der Waals surface area contributed by atoms with Gasteiger partial charge in [-0.3, -0.25) is 4.79 Å². The van der Waals surface area contributed by atoms with E-state index in [9.17, 15) is 13.6 Å². The van der Waals surface area contributed by atoms with Crippen LogP contribution in [0.1, 0.15) is 11.1 Å². The maximum Gasteiger partial charge on any atom is 0.284 e. The van der Waals surface area contributed by atoms with Crippen molar-refractivity contribution in [1.82, 2.24) is 0 Å². The summed E-state index contributed by atoms with van der Waals surface area (Å²) in [4.78, 5) is 17.0. The summed E-state index contributed by atoms with van der Waals surface area (Å²) in [5.74, 6) is -1.30. The van der Waals surface area contributed by atoms with Crippen LogP contribution in [-0.4, -0.2) is 25.0 Å². The van der Waals surface area contributed by atoms with Crippen LogP contribution in [0.4, 0.5) is 14.5 Å². The first kappa shape index (κ1) is 14.8. The molecule has 0 spiro atoms. The van der Waals surface area contributed by atoms with Gasteiger partial charge in [-0.25, -0.2) is 13.8 Å². The molecule has 112 valence electrons. The lowest BCUT2D eigenvalue weighted by atomic mass is 10.00. The highest BCUT2D eigenvalue weighted by Crippen LogP contribution is 2.31. The number of aliphatic imine (C=N–C) groups is 1. The third-order valence-electron chi connectivity index (χ3n) is 3.48. The normalized spacial score (nSPS) is 17.8. The van der Waals surface area contributed by atoms with Crippen LogP contribution in [0.3, 0.4) is 0 Å². The summed E-state index contributed by atoms with van der Waals surface area (Å²) < 4.78 is 28.9. The fourth-order valence-electron chi connectivity index (χ4n) is 2.37. The standard InChI is InChI=1S/C16H11BrF2N2O/c1-21-13-7-6-9(17)8-11(13)14(20-15(19)16(21)22)10-4-2-3-5-12(10)18/h2-8,15H,1H3. The third kappa shape index (κ3) is 2.43. The molecule has 22 heavy (non-hydrogen) atoms. The van der Waals surface area contributed by atoms with Gasteiger partial charge in [0.1, 0.15) is 5.82 Å². The van der Waals surface area contributed by atoms with Crippen LogP contribution in [0, 0.1) is 5.82 Å². The van der Waals surface area contributed by atoms with E-state index in [1.807, 2.05) is 0 Å². The van der Waals surface area contributed by atoms with E-state index in [2.05, 4.69) is 20.9 Å². The van der Waals surface area contributed by atoms with E-state index in [1.165, 1.54) is 24.1 Å². The van der Waals surface area contributed by atoms with Gasteiger partial charge in [0.25, 0.3) is 12.2 Å². The molecule has 0 bridgehead atoms. The molecule has 1 aliphatic heterocycles. The smallest absolute Gasteiger partial charge is 0.284 e. The second kappa shape index (κ2) is 5.61. The Balaban J connectivity index is 2.31. The van der Waals surface area contributed by atoms with E-state index in [0.29, 0.717) is 11.3 Å². The Morgan fingerprint density at radius 2 is 1.91 bits per heavy atom. The van der Waals surface area contributed by atoms with Gasteiger partial charge in [0.05, 0.1) is 11.4 Å². The van der Waals surface area contributed by atoms with Crippen LogP contribution in [-0.2, 0) is 4.79 Å². The number of benzodiazepines with no additional fused rings is 1. The number of halogens is 3. The molecule has 1 heterocycles. The van der Waals surface area contributed by atoms with Crippen LogP contribution in [0.2, 0.25) is 0 Å². The average molecular weight is 365 g/mol. The summed E-state index contributed by atoms with van der Waals surface area (Å²) in [6.07, 6.45) is -2.06. The van der Waals surface area contributed by atoms with Crippen LogP contribution >= 0.6 is 15.9 Å². The Kier molecular flexibility index (Phi) is 3.78. The SMILES string of the molecule is CN1C(=O)C(F)N=C(c2ccccc2F)c2cc(Br)ccc21. The van der Waals surface area contributed by atoms with Crippen molar-refractivity contribution in [3.05, 3.63) is 63.9 Å². The van der Waals surface area contributed by atoms with E-state index < -0.39 is 18.0 Å². The van der Waals surface area contributed by atoms with Crippen LogP contribution in [0.25, 0.3) is 0 Å². The zero-order chi connectivity index (χ0) is 15.9. The first-order valence-corrected chi connectivity index (χ1v) is 7.32. The van der Waals surface area contributed by atoms with Crippen LogP contribution in [0.5, 0.6) is 0 Å². The number of benzene rings is 2. The molecular weight excluding hydrogens is 354 g/mol. The topological polar surface area (TPSA) is 32.7 Å². The Labute approximate surface area is 134 Å². The monoisotopic (exact) mass is 364 g/mol. The van der Waals surface area contributed by atoms with Gasteiger partial charge in [0, 0.05) is 22.6 Å². The minimum Gasteiger partial charge on any atom is -0.311 e. The quantitative estimate of drug-likeness (QED) is 0.710. The summed E-state index contributed by atoms with van der Waals surface area (Å²) in [5, 5.41) is 0. The number of hydrogen-bond donors (Lipinski definition) is 0. The van der Waals surface area contributed by atoms with Crippen molar-refractivity contribution in [2.45, 2.75) is 6.30 Å². The third-order valence-corrected chi connectivity index (χ3v) is 3.97. The van der Waals surface area contributed by atoms with Gasteiger partial charge in [0.2, 0.25) is 0 Å². The number of hydrogen-bond acceptors (Lipinski definition) is 2. The number of carbonyl (C=O) groups is 1. The maximum absolute atomic E-state index is 14.1. The van der Waals surface area contributed by atoms with E-state index in [-0.39, 0.29) is 11.3 Å². The number of rotatable bonds is 1. The summed E-state index contributed by atoms with van der Waals surface area (Å²) in [6.45, 7) is 0. The first-order valence-electron chi connectivity index (χ1n) is 6.53. The second-order valence-electron chi connectivity index (χ2n) is 4.85. The van der Waals surface area contributed by atoms with Crippen LogP contribution in [0.15, 0.2) is 51.9 Å². The Bertz CT molecular complexity index is 791. The molecule has 0 aromatic heterocycles. The molecule has 0 N–H and O–H groups in total. The molecule has 1 aliphatic rings. The van der Waals surface area contributed by atoms with Gasteiger partial charge >= 0.3 is 0 Å². The van der Waals surface area contributed by atoms with E-state index in [0.717, 1.165) is 4.47 Å². The number of fused-ring (bicyclic) bond motifs is 1. The van der Waals surface area contributed by atoms with Crippen LogP contribution < -0.4 is 4.90 Å². The minimum absolute atomic E-state index is 0.125. The molecule has 0 radical (unpaired) electrons. The molecule has 1 unspecified atom stereocenters. The van der Waals surface area contributed by atoms with Crippen molar-refractivity contribution in [1.29, 1.82) is 0 Å². The predicted molar refractivity (Wildman–Crippen MR) is 84.5 cm³/mol. The van der Waals surface area contributed by atoms with Crippen molar-refractivity contribution in [2.75, 3.05) is 11.9 Å². The maximum atomic E-state index is 14.1. The highest BCUT2D eigenvalue weighted by molar-refractivity contribution is 9.10. The lowest BCUT2D eigenvalue weighted by Crippen LogP contribution is -2.32. The molecule has 3 nitrogen and oxygen atoms in total. The van der Waals surface area contributed by atoms with Gasteiger partial charge in [0.15, 0.2) is 0 Å². The summed E-state index contributed by atoms with van der Waals surface area (Å²) in [7, 11) is 1.47. The van der Waals surface area contributed by atoms with Gasteiger partial charge in [-0.2, -0.15) is 0 Å². The molecule has 1 atom stereocenters. The highest BCUT2D eigenvalue weighted by Gasteiger charge is 2.30. The largest absolute Gasteiger partial charge is 0.311 e. The number of nitrogens with zero attached hydrogens (tertiary/aromatic N) is 2. The number of amides is 1. The van der Waals surface area contributed by atoms with E-state index in [4.69, 9.17) is 0 Å². The lowest BCUT2D eigenvalue weighted by Gasteiger charge is -2.18. The fraction of sp³-hybridized carbons (Fsp3) is 0.125. The van der Waals surface area contributed by atoms with E-state index >= 15 is 0 Å². The fourth-order valence-corrected chi connectivity index (χ4v) is 2.74. The predicted octanol–water partition coefficient (Wildman–Crippen LogP) is 3.70. The number of alkyl halides is 1. The summed E-state index contributed by atoms with van der Waals surface area (Å²) in [6, 6.07) is 11.1. The molecule has 2 aromatic carbocycles. The number of likely N-dealkylation sites (N-methyl/N-ethyl adjacent to an activating group) is 1. The molecule has 0 fully saturated rings. The lowest BCUT2D eigenvalue weighted by molar-refractivity contribution is -0.122. The number of carbonyl (C=O) groups excluding carboxylic acids is 1. The molecular formula is C16H11BrF2N2O. The summed E-state index contributed by atoms with van der Waals surface area (Å²) in [5.41, 5.74) is 1.26. The molecule has 3 rings (SSSR count). The van der Waals surface area contributed by atoms with Crippen molar-refractivity contribution in [2.24, 2.45) is 4.99 Å². The van der Waals surface area contributed by atoms with Gasteiger partial charge < -0.3 is 4.90 Å². The Morgan fingerprint density at radius 1 is 1.18 bits per heavy atom. The van der Waals surface area contributed by atoms with E-state index in [1.54, 1.807) is 30.3 Å². The van der Waals surface area contributed by atoms with Gasteiger partial charge in [-0.15, -0.1) is 0 Å². The highest BCUT2D eigenvalue weighted by atomic mass is 79.9. The zero-order valence-electron chi connectivity index (χ0n) is 11.6. The first-order chi connectivity index (χ1) is 10.5. The average Bonchev–Trinajstić information content (AvgIpc) is 2.59. The molecule has 0 saturated heterocycles. The molecule has 2 aromatic rings. The van der Waals surface area contributed by atoms with Crippen molar-refractivity contribution in [3.8, 4) is 0 Å². The molecule has 0 saturated carbocycles. The van der Waals surface area contributed by atoms with Crippen molar-refractivity contribution in [3.63, 3.8) is 0 Å². The summed E-state index contributed by atoms with van der Waals surface area (Å²) >= 11 is 3.34. The minimum atomic E-state index is -2.06. The Hall–Kier alpha value is -2.08. The molecule has 0 aliphatic carbocycles. The second-order valence-corrected chi connectivity index (χ2v) is 5.77. The van der Waals surface area contributed by atoms with Crippen molar-refractivity contribution >= 4 is 33.2 Å². The zero-order valence-corrected chi connectivity index (χ0v) is 13.1. The molecule has 6 heteroatoms.